The maximum atomic E-state index is 12.9. The second-order valence-electron chi connectivity index (χ2n) is 4.21. The van der Waals surface area contributed by atoms with Crippen LogP contribution in [-0.2, 0) is 4.79 Å². The molecule has 0 amide bonds. The van der Waals surface area contributed by atoms with E-state index >= 15 is 0 Å². The van der Waals surface area contributed by atoms with Gasteiger partial charge in [0.25, 0.3) is 0 Å². The molecule has 3 heteroatoms. The minimum Gasteiger partial charge on any atom is -0.426 e. The van der Waals surface area contributed by atoms with Crippen molar-refractivity contribution in [1.82, 2.24) is 0 Å². The minimum atomic E-state index is -0.381. The molecular weight excluding hydrogens is 207 g/mol. The number of halogens is 1. The zero-order valence-corrected chi connectivity index (χ0v) is 9.12. The lowest BCUT2D eigenvalue weighted by Crippen LogP contribution is -2.22. The largest absolute Gasteiger partial charge is 0.426 e. The summed E-state index contributed by atoms with van der Waals surface area (Å²) in [5, 5.41) is 0. The Hall–Kier alpha value is -1.38. The smallest absolute Gasteiger partial charge is 0.314 e. The summed E-state index contributed by atoms with van der Waals surface area (Å²) in [5.74, 6) is -0.299. The molecule has 2 nitrogen and oxygen atoms in total. The summed E-state index contributed by atoms with van der Waals surface area (Å²) < 4.78 is 18.0. The van der Waals surface area contributed by atoms with Gasteiger partial charge in [0.1, 0.15) is 11.6 Å². The molecule has 2 rings (SSSR count). The number of ether oxygens (including phenoxy) is 1. The van der Waals surface area contributed by atoms with Crippen molar-refractivity contribution < 1.29 is 13.9 Å². The van der Waals surface area contributed by atoms with Gasteiger partial charge in [0, 0.05) is 6.07 Å². The standard InChI is InChI=1S/C13H15FO2/c14-11-7-4-8-12(9-11)16-13(15)10-5-2-1-3-6-10/h4,7-10H,1-3,5-6H2. The van der Waals surface area contributed by atoms with Gasteiger partial charge in [-0.2, -0.15) is 0 Å². The first kappa shape index (κ1) is 11.1. The molecule has 1 aromatic carbocycles. The maximum Gasteiger partial charge on any atom is 0.314 e. The number of hydrogen-bond donors (Lipinski definition) is 0. The van der Waals surface area contributed by atoms with Gasteiger partial charge in [-0.15, -0.1) is 0 Å². The van der Waals surface area contributed by atoms with Crippen molar-refractivity contribution in [1.29, 1.82) is 0 Å². The molecule has 1 fully saturated rings. The second-order valence-corrected chi connectivity index (χ2v) is 4.21. The van der Waals surface area contributed by atoms with E-state index in [0.29, 0.717) is 5.75 Å². The van der Waals surface area contributed by atoms with E-state index < -0.39 is 0 Å². The Morgan fingerprint density at radius 2 is 2.00 bits per heavy atom. The molecule has 0 saturated heterocycles. The lowest BCUT2D eigenvalue weighted by Gasteiger charge is -2.19. The highest BCUT2D eigenvalue weighted by Gasteiger charge is 2.22. The van der Waals surface area contributed by atoms with Crippen molar-refractivity contribution in [2.24, 2.45) is 5.92 Å². The quantitative estimate of drug-likeness (QED) is 0.567. The fourth-order valence-electron chi connectivity index (χ4n) is 2.07. The van der Waals surface area contributed by atoms with Gasteiger partial charge < -0.3 is 4.74 Å². The second kappa shape index (κ2) is 5.10. The predicted molar refractivity (Wildman–Crippen MR) is 58.6 cm³/mol. The topological polar surface area (TPSA) is 26.3 Å². The first-order chi connectivity index (χ1) is 7.75. The molecule has 0 bridgehead atoms. The third-order valence-corrected chi connectivity index (χ3v) is 2.95. The van der Waals surface area contributed by atoms with Crippen LogP contribution in [0.2, 0.25) is 0 Å². The van der Waals surface area contributed by atoms with Crippen molar-refractivity contribution in [3.8, 4) is 5.75 Å². The van der Waals surface area contributed by atoms with E-state index in [1.54, 1.807) is 12.1 Å². The molecule has 0 heterocycles. The normalized spacial score (nSPS) is 17.1. The number of esters is 1. The zero-order valence-electron chi connectivity index (χ0n) is 9.12. The molecule has 0 unspecified atom stereocenters. The number of carbonyl (C=O) groups excluding carboxylic acids is 1. The van der Waals surface area contributed by atoms with Gasteiger partial charge >= 0.3 is 5.97 Å². The molecule has 1 aromatic rings. The van der Waals surface area contributed by atoms with Crippen LogP contribution in [0.25, 0.3) is 0 Å². The zero-order chi connectivity index (χ0) is 11.4. The lowest BCUT2D eigenvalue weighted by atomic mass is 9.89. The molecule has 1 aliphatic carbocycles. The molecule has 1 saturated carbocycles. The van der Waals surface area contributed by atoms with Crippen LogP contribution in [0, 0.1) is 11.7 Å². The highest BCUT2D eigenvalue weighted by molar-refractivity contribution is 5.75. The third-order valence-electron chi connectivity index (χ3n) is 2.95. The molecule has 0 N–H and O–H groups in total. The molecule has 0 atom stereocenters. The Morgan fingerprint density at radius 1 is 1.25 bits per heavy atom. The summed E-state index contributed by atoms with van der Waals surface area (Å²) in [7, 11) is 0. The van der Waals surface area contributed by atoms with Gasteiger partial charge in [0.05, 0.1) is 5.92 Å². The van der Waals surface area contributed by atoms with Crippen LogP contribution in [0.5, 0.6) is 5.75 Å². The van der Waals surface area contributed by atoms with Crippen LogP contribution in [0.1, 0.15) is 32.1 Å². The number of benzene rings is 1. The molecule has 0 aromatic heterocycles. The summed E-state index contributed by atoms with van der Waals surface area (Å²) in [6.07, 6.45) is 5.16. The van der Waals surface area contributed by atoms with Crippen LogP contribution >= 0.6 is 0 Å². The lowest BCUT2D eigenvalue weighted by molar-refractivity contribution is -0.139. The summed E-state index contributed by atoms with van der Waals surface area (Å²) in [6, 6.07) is 5.71. The highest BCUT2D eigenvalue weighted by Crippen LogP contribution is 2.25. The first-order valence-corrected chi connectivity index (χ1v) is 5.73. The van der Waals surface area contributed by atoms with E-state index in [0.717, 1.165) is 25.7 Å². The van der Waals surface area contributed by atoms with Crippen LogP contribution in [0.4, 0.5) is 4.39 Å². The van der Waals surface area contributed by atoms with Crippen molar-refractivity contribution in [2.75, 3.05) is 0 Å². The van der Waals surface area contributed by atoms with Crippen molar-refractivity contribution >= 4 is 5.97 Å². The maximum absolute atomic E-state index is 12.9. The highest BCUT2D eigenvalue weighted by atomic mass is 19.1. The minimum absolute atomic E-state index is 0.00276. The van der Waals surface area contributed by atoms with Gasteiger partial charge in [-0.3, -0.25) is 4.79 Å². The molecule has 0 spiro atoms. The molecule has 86 valence electrons. The van der Waals surface area contributed by atoms with E-state index in [2.05, 4.69) is 0 Å². The summed E-state index contributed by atoms with van der Waals surface area (Å²) >= 11 is 0. The third kappa shape index (κ3) is 2.81. The Balaban J connectivity index is 1.96. The van der Waals surface area contributed by atoms with Crippen LogP contribution < -0.4 is 4.74 Å². The van der Waals surface area contributed by atoms with Gasteiger partial charge in [0.15, 0.2) is 0 Å². The van der Waals surface area contributed by atoms with Crippen LogP contribution in [0.3, 0.4) is 0 Å². The van der Waals surface area contributed by atoms with Gasteiger partial charge in [-0.05, 0) is 25.0 Å². The predicted octanol–water partition coefficient (Wildman–Crippen LogP) is 3.31. The van der Waals surface area contributed by atoms with E-state index in [9.17, 15) is 9.18 Å². The molecule has 1 aliphatic rings. The van der Waals surface area contributed by atoms with Gasteiger partial charge in [0.2, 0.25) is 0 Å². The number of rotatable bonds is 2. The average molecular weight is 222 g/mol. The molecule has 16 heavy (non-hydrogen) atoms. The first-order valence-electron chi connectivity index (χ1n) is 5.73. The average Bonchev–Trinajstić information content (AvgIpc) is 2.30. The Kier molecular flexibility index (Phi) is 3.54. The Labute approximate surface area is 94.4 Å². The molecule has 0 aliphatic heterocycles. The SMILES string of the molecule is O=C(Oc1cccc(F)c1)C1CCCCC1. The van der Waals surface area contributed by atoms with E-state index in [-0.39, 0.29) is 17.7 Å². The Morgan fingerprint density at radius 3 is 2.69 bits per heavy atom. The monoisotopic (exact) mass is 222 g/mol. The van der Waals surface area contributed by atoms with E-state index in [4.69, 9.17) is 4.74 Å². The van der Waals surface area contributed by atoms with Crippen LogP contribution in [0.15, 0.2) is 24.3 Å². The fraction of sp³-hybridized carbons (Fsp3) is 0.462. The van der Waals surface area contributed by atoms with Crippen molar-refractivity contribution in [2.45, 2.75) is 32.1 Å². The van der Waals surface area contributed by atoms with Crippen molar-refractivity contribution in [3.05, 3.63) is 30.1 Å². The molecular formula is C13H15FO2. The van der Waals surface area contributed by atoms with Gasteiger partial charge in [-0.25, -0.2) is 4.39 Å². The van der Waals surface area contributed by atoms with Crippen LogP contribution in [-0.4, -0.2) is 5.97 Å². The molecule has 0 radical (unpaired) electrons. The van der Waals surface area contributed by atoms with E-state index in [1.807, 2.05) is 0 Å². The fourth-order valence-corrected chi connectivity index (χ4v) is 2.07. The van der Waals surface area contributed by atoms with Crippen molar-refractivity contribution in [3.63, 3.8) is 0 Å². The van der Waals surface area contributed by atoms with E-state index in [1.165, 1.54) is 18.6 Å². The summed E-state index contributed by atoms with van der Waals surface area (Å²) in [5.41, 5.74) is 0. The Bertz CT molecular complexity index is 370. The number of hydrogen-bond acceptors (Lipinski definition) is 2. The van der Waals surface area contributed by atoms with Gasteiger partial charge in [-0.1, -0.05) is 25.3 Å². The summed E-state index contributed by atoms with van der Waals surface area (Å²) in [4.78, 5) is 11.7. The summed E-state index contributed by atoms with van der Waals surface area (Å²) in [6.45, 7) is 0. The number of carbonyl (C=O) groups is 1.